The van der Waals surface area contributed by atoms with Crippen LogP contribution in [0.1, 0.15) is 35.5 Å². The minimum Gasteiger partial charge on any atom is -0.455 e. The first kappa shape index (κ1) is 21.3. The fourth-order valence-corrected chi connectivity index (χ4v) is 3.36. The Kier molecular flexibility index (Phi) is 6.67. The van der Waals surface area contributed by atoms with Crippen molar-refractivity contribution < 1.29 is 14.3 Å². The average molecular weight is 405 g/mol. The van der Waals surface area contributed by atoms with Crippen LogP contribution >= 0.6 is 0 Å². The Morgan fingerprint density at radius 3 is 2.27 bits per heavy atom. The minimum atomic E-state index is -0.442. The summed E-state index contributed by atoms with van der Waals surface area (Å²) in [5.41, 5.74) is 4.44. The van der Waals surface area contributed by atoms with Gasteiger partial charge in [-0.1, -0.05) is 48.5 Å². The van der Waals surface area contributed by atoms with E-state index in [4.69, 9.17) is 4.74 Å². The van der Waals surface area contributed by atoms with Crippen molar-refractivity contribution in [1.29, 1.82) is 0 Å². The first-order chi connectivity index (χ1) is 14.4. The van der Waals surface area contributed by atoms with Gasteiger partial charge in [0.25, 0.3) is 5.91 Å². The number of hydrogen-bond acceptors (Lipinski definition) is 4. The highest BCUT2D eigenvalue weighted by Crippen LogP contribution is 2.20. The molecule has 6 heteroatoms. The standard InChI is InChI=1S/C24H27N3O3/c1-17-22(19(3)27(25-17)21-13-9-6-10-14-21)15-24(29)30-16-23(28)26(4)18(2)20-11-7-5-8-12-20/h5-14,18H,15-16H2,1-4H3/t18-/m0/s1. The van der Waals surface area contributed by atoms with Crippen molar-refractivity contribution in [1.82, 2.24) is 14.7 Å². The number of carbonyl (C=O) groups excluding carboxylic acids is 2. The predicted octanol–water partition coefficient (Wildman–Crippen LogP) is 3.79. The Balaban J connectivity index is 1.60. The fourth-order valence-electron chi connectivity index (χ4n) is 3.36. The maximum Gasteiger partial charge on any atom is 0.310 e. The van der Waals surface area contributed by atoms with Gasteiger partial charge in [-0.05, 0) is 38.5 Å². The van der Waals surface area contributed by atoms with Gasteiger partial charge in [0.1, 0.15) is 0 Å². The zero-order valence-electron chi connectivity index (χ0n) is 17.8. The maximum atomic E-state index is 12.5. The number of likely N-dealkylation sites (N-methyl/N-ethyl adjacent to an activating group) is 1. The lowest BCUT2D eigenvalue weighted by Crippen LogP contribution is -2.33. The van der Waals surface area contributed by atoms with E-state index in [1.807, 2.05) is 86.1 Å². The number of amides is 1. The molecule has 0 saturated heterocycles. The molecule has 6 nitrogen and oxygen atoms in total. The predicted molar refractivity (Wildman–Crippen MR) is 115 cm³/mol. The lowest BCUT2D eigenvalue weighted by molar-refractivity contribution is -0.151. The number of ether oxygens (including phenoxy) is 1. The van der Waals surface area contributed by atoms with Gasteiger partial charge in [-0.2, -0.15) is 5.10 Å². The van der Waals surface area contributed by atoms with Crippen molar-refractivity contribution in [2.24, 2.45) is 0 Å². The van der Waals surface area contributed by atoms with Gasteiger partial charge in [0.2, 0.25) is 0 Å². The highest BCUT2D eigenvalue weighted by atomic mass is 16.5. The average Bonchev–Trinajstić information content (AvgIpc) is 3.05. The number of benzene rings is 2. The Labute approximate surface area is 177 Å². The molecule has 0 aliphatic carbocycles. The van der Waals surface area contributed by atoms with Crippen LogP contribution in [0.2, 0.25) is 0 Å². The summed E-state index contributed by atoms with van der Waals surface area (Å²) >= 11 is 0. The van der Waals surface area contributed by atoms with Crippen molar-refractivity contribution in [3.63, 3.8) is 0 Å². The van der Waals surface area contributed by atoms with Gasteiger partial charge in [-0.15, -0.1) is 0 Å². The summed E-state index contributed by atoms with van der Waals surface area (Å²) in [5, 5.41) is 4.55. The molecule has 1 amide bonds. The van der Waals surface area contributed by atoms with E-state index in [0.717, 1.165) is 28.2 Å². The summed E-state index contributed by atoms with van der Waals surface area (Å²) in [7, 11) is 1.71. The molecule has 1 heterocycles. The second-order valence-corrected chi connectivity index (χ2v) is 7.33. The van der Waals surface area contributed by atoms with E-state index in [-0.39, 0.29) is 25.0 Å². The monoisotopic (exact) mass is 405 g/mol. The van der Waals surface area contributed by atoms with E-state index >= 15 is 0 Å². The third kappa shape index (κ3) is 4.76. The van der Waals surface area contributed by atoms with E-state index in [9.17, 15) is 9.59 Å². The lowest BCUT2D eigenvalue weighted by Gasteiger charge is -2.25. The normalized spacial score (nSPS) is 11.7. The molecular formula is C24H27N3O3. The van der Waals surface area contributed by atoms with Gasteiger partial charge < -0.3 is 9.64 Å². The molecule has 0 aliphatic heterocycles. The molecule has 1 aromatic heterocycles. The molecule has 0 spiro atoms. The van der Waals surface area contributed by atoms with Gasteiger partial charge in [-0.25, -0.2) is 4.68 Å². The first-order valence-corrected chi connectivity index (χ1v) is 9.95. The SMILES string of the molecule is Cc1nn(-c2ccccc2)c(C)c1CC(=O)OCC(=O)N(C)[C@@H](C)c1ccccc1. The summed E-state index contributed by atoms with van der Waals surface area (Å²) in [6.07, 6.45) is 0.0791. The summed E-state index contributed by atoms with van der Waals surface area (Å²) in [6.45, 7) is 5.46. The largest absolute Gasteiger partial charge is 0.455 e. The second-order valence-electron chi connectivity index (χ2n) is 7.33. The van der Waals surface area contributed by atoms with Crippen molar-refractivity contribution in [2.45, 2.75) is 33.2 Å². The molecule has 0 unspecified atom stereocenters. The molecule has 0 fully saturated rings. The fraction of sp³-hybridized carbons (Fsp3) is 0.292. The van der Waals surface area contributed by atoms with Crippen LogP contribution in [0, 0.1) is 13.8 Å². The van der Waals surface area contributed by atoms with Crippen LogP contribution in [0.5, 0.6) is 0 Å². The molecule has 3 aromatic rings. The third-order valence-corrected chi connectivity index (χ3v) is 5.38. The van der Waals surface area contributed by atoms with E-state index in [2.05, 4.69) is 5.10 Å². The number of aromatic nitrogens is 2. The summed E-state index contributed by atoms with van der Waals surface area (Å²) in [5.74, 6) is -0.684. The van der Waals surface area contributed by atoms with Gasteiger partial charge >= 0.3 is 5.97 Å². The van der Waals surface area contributed by atoms with E-state index in [1.165, 1.54) is 0 Å². The number of carbonyl (C=O) groups is 2. The molecule has 156 valence electrons. The molecule has 0 saturated carbocycles. The number of esters is 1. The number of para-hydroxylation sites is 1. The molecule has 2 aromatic carbocycles. The zero-order valence-corrected chi connectivity index (χ0v) is 17.8. The molecule has 0 bridgehead atoms. The first-order valence-electron chi connectivity index (χ1n) is 9.95. The van der Waals surface area contributed by atoms with Gasteiger partial charge in [0.15, 0.2) is 6.61 Å². The van der Waals surface area contributed by atoms with Crippen LogP contribution in [0.15, 0.2) is 60.7 Å². The Bertz CT molecular complexity index is 1010. The Hall–Kier alpha value is -3.41. The number of rotatable bonds is 7. The maximum absolute atomic E-state index is 12.5. The third-order valence-electron chi connectivity index (χ3n) is 5.38. The van der Waals surface area contributed by atoms with Crippen molar-refractivity contribution in [2.75, 3.05) is 13.7 Å². The second kappa shape index (κ2) is 9.39. The molecule has 0 aliphatic rings. The molecule has 0 radical (unpaired) electrons. The molecule has 0 N–H and O–H groups in total. The quantitative estimate of drug-likeness (QED) is 0.561. The number of nitrogens with zero attached hydrogens (tertiary/aromatic N) is 3. The van der Waals surface area contributed by atoms with Crippen LogP contribution in [0.25, 0.3) is 5.69 Å². The highest BCUT2D eigenvalue weighted by Gasteiger charge is 2.20. The summed E-state index contributed by atoms with van der Waals surface area (Å²) < 4.78 is 7.09. The summed E-state index contributed by atoms with van der Waals surface area (Å²) in [4.78, 5) is 26.5. The molecule has 1 atom stereocenters. The molecule has 3 rings (SSSR count). The molecular weight excluding hydrogens is 378 g/mol. The van der Waals surface area contributed by atoms with Gasteiger partial charge in [0, 0.05) is 18.3 Å². The Morgan fingerprint density at radius 2 is 1.63 bits per heavy atom. The molecule has 30 heavy (non-hydrogen) atoms. The topological polar surface area (TPSA) is 64.4 Å². The zero-order chi connectivity index (χ0) is 21.7. The van der Waals surface area contributed by atoms with E-state index in [1.54, 1.807) is 11.9 Å². The number of aryl methyl sites for hydroxylation is 1. The minimum absolute atomic E-state index is 0.0791. The van der Waals surface area contributed by atoms with Crippen LogP contribution in [-0.4, -0.2) is 40.2 Å². The summed E-state index contributed by atoms with van der Waals surface area (Å²) in [6, 6.07) is 19.4. The van der Waals surface area contributed by atoms with Gasteiger partial charge in [-0.3, -0.25) is 9.59 Å². The lowest BCUT2D eigenvalue weighted by atomic mass is 10.1. The van der Waals surface area contributed by atoms with Gasteiger partial charge in [0.05, 0.1) is 23.8 Å². The Morgan fingerprint density at radius 1 is 1.03 bits per heavy atom. The van der Waals surface area contributed by atoms with Crippen LogP contribution in [0.3, 0.4) is 0 Å². The highest BCUT2D eigenvalue weighted by molar-refractivity contribution is 5.81. The number of hydrogen-bond donors (Lipinski definition) is 0. The van der Waals surface area contributed by atoms with Crippen LogP contribution in [-0.2, 0) is 20.7 Å². The van der Waals surface area contributed by atoms with E-state index < -0.39 is 5.97 Å². The van der Waals surface area contributed by atoms with Crippen molar-refractivity contribution in [3.8, 4) is 5.69 Å². The van der Waals surface area contributed by atoms with E-state index in [0.29, 0.717) is 0 Å². The van der Waals surface area contributed by atoms with Crippen LogP contribution in [0.4, 0.5) is 0 Å². The van der Waals surface area contributed by atoms with Crippen molar-refractivity contribution >= 4 is 11.9 Å². The van der Waals surface area contributed by atoms with Crippen LogP contribution < -0.4 is 0 Å². The van der Waals surface area contributed by atoms with Crippen molar-refractivity contribution in [3.05, 3.63) is 83.2 Å². The smallest absolute Gasteiger partial charge is 0.310 e.